The number of hydrogen-bond acceptors (Lipinski definition) is 6. The van der Waals surface area contributed by atoms with Gasteiger partial charge in [-0.25, -0.2) is 4.79 Å². The lowest BCUT2D eigenvalue weighted by molar-refractivity contribution is -0.141. The lowest BCUT2D eigenvalue weighted by atomic mass is 9.98. The molecule has 0 radical (unpaired) electrons. The molecule has 7 nitrogen and oxygen atoms in total. The maximum absolute atomic E-state index is 13.4. The van der Waals surface area contributed by atoms with Crippen molar-refractivity contribution < 1.29 is 28.5 Å². The third-order valence-corrected chi connectivity index (χ3v) is 6.56. The van der Waals surface area contributed by atoms with Crippen LogP contribution < -0.4 is 19.5 Å². The van der Waals surface area contributed by atoms with Crippen LogP contribution in [-0.2, 0) is 14.3 Å². The van der Waals surface area contributed by atoms with Crippen molar-refractivity contribution in [3.63, 3.8) is 0 Å². The van der Waals surface area contributed by atoms with E-state index in [-0.39, 0.29) is 5.57 Å². The Balaban J connectivity index is 1.65. The van der Waals surface area contributed by atoms with Crippen molar-refractivity contribution >= 4 is 40.8 Å². The fourth-order valence-electron chi connectivity index (χ4n) is 4.21. The highest BCUT2D eigenvalue weighted by Gasteiger charge is 2.19. The Hall–Kier alpha value is -4.75. The fourth-order valence-corrected chi connectivity index (χ4v) is 4.38. The summed E-state index contributed by atoms with van der Waals surface area (Å²) in [6.07, 6.45) is 1.66. The number of rotatable bonds is 10. The van der Waals surface area contributed by atoms with E-state index in [1.165, 1.54) is 21.3 Å². The molecule has 4 aromatic rings. The maximum atomic E-state index is 13.4. The molecule has 0 saturated carbocycles. The van der Waals surface area contributed by atoms with Crippen LogP contribution in [0.4, 0.5) is 5.69 Å². The van der Waals surface area contributed by atoms with Crippen molar-refractivity contribution in [3.8, 4) is 28.4 Å². The van der Waals surface area contributed by atoms with Crippen molar-refractivity contribution in [2.45, 2.75) is 6.92 Å². The molecule has 0 aliphatic rings. The van der Waals surface area contributed by atoms with Gasteiger partial charge in [0, 0.05) is 10.7 Å². The highest BCUT2D eigenvalue weighted by atomic mass is 35.5. The summed E-state index contributed by atoms with van der Waals surface area (Å²) in [5.41, 5.74) is 4.87. The Labute approximate surface area is 244 Å². The standard InChI is InChI=1S/C33H30ClNO6/c1-21-10-15-26(34)19-28(21)35-31(36)20-41-33(37)27(16-22-17-29(38-2)32(40-4)30(18-22)39-3)25-13-11-24(12-14-25)23-8-6-5-7-9-23/h5-19H,20H2,1-4H3,(H,35,36). The van der Waals surface area contributed by atoms with Gasteiger partial charge in [-0.2, -0.15) is 0 Å². The number of anilines is 1. The van der Waals surface area contributed by atoms with Crippen molar-refractivity contribution in [1.29, 1.82) is 0 Å². The predicted molar refractivity (Wildman–Crippen MR) is 162 cm³/mol. The molecular formula is C33H30ClNO6. The van der Waals surface area contributed by atoms with E-state index in [9.17, 15) is 9.59 Å². The largest absolute Gasteiger partial charge is 0.493 e. The molecule has 0 aromatic heterocycles. The number of carbonyl (C=O) groups excluding carboxylic acids is 2. The SMILES string of the molecule is COc1cc(C=C(C(=O)OCC(=O)Nc2cc(Cl)ccc2C)c2ccc(-c3ccccc3)cc2)cc(OC)c1OC. The van der Waals surface area contributed by atoms with Crippen LogP contribution in [-0.4, -0.2) is 39.8 Å². The third kappa shape index (κ3) is 7.26. The van der Waals surface area contributed by atoms with Gasteiger partial charge in [-0.05, 0) is 65.1 Å². The zero-order valence-corrected chi connectivity index (χ0v) is 24.0. The molecule has 0 aliphatic carbocycles. The van der Waals surface area contributed by atoms with Crippen molar-refractivity contribution in [1.82, 2.24) is 0 Å². The molecule has 0 atom stereocenters. The highest BCUT2D eigenvalue weighted by molar-refractivity contribution is 6.31. The second-order valence-electron chi connectivity index (χ2n) is 9.04. The molecule has 0 bridgehead atoms. The van der Waals surface area contributed by atoms with Gasteiger partial charge < -0.3 is 24.3 Å². The van der Waals surface area contributed by atoms with E-state index in [1.807, 2.05) is 61.5 Å². The van der Waals surface area contributed by atoms with Crippen LogP contribution in [0.3, 0.4) is 0 Å². The number of esters is 1. The van der Waals surface area contributed by atoms with Crippen molar-refractivity contribution in [2.75, 3.05) is 33.3 Å². The quantitative estimate of drug-likeness (QED) is 0.125. The molecule has 0 heterocycles. The molecule has 1 N–H and O–H groups in total. The van der Waals surface area contributed by atoms with Crippen LogP contribution in [0.2, 0.25) is 5.02 Å². The molecule has 0 aliphatic heterocycles. The minimum atomic E-state index is -0.677. The average molecular weight is 572 g/mol. The van der Waals surface area contributed by atoms with Gasteiger partial charge in [-0.3, -0.25) is 4.79 Å². The molecule has 1 amide bonds. The Morgan fingerprint density at radius 2 is 1.44 bits per heavy atom. The predicted octanol–water partition coefficient (Wildman–Crippen LogP) is 7.06. The summed E-state index contributed by atoms with van der Waals surface area (Å²) >= 11 is 6.06. The lowest BCUT2D eigenvalue weighted by Gasteiger charge is -2.14. The second kappa shape index (κ2) is 13.5. The van der Waals surface area contributed by atoms with Gasteiger partial charge >= 0.3 is 5.97 Å². The number of halogens is 1. The fraction of sp³-hybridized carbons (Fsp3) is 0.152. The first-order valence-electron chi connectivity index (χ1n) is 12.7. The monoisotopic (exact) mass is 571 g/mol. The van der Waals surface area contributed by atoms with E-state index >= 15 is 0 Å². The third-order valence-electron chi connectivity index (χ3n) is 6.33. The van der Waals surface area contributed by atoms with Gasteiger partial charge in [0.25, 0.3) is 5.91 Å². The van der Waals surface area contributed by atoms with Gasteiger partial charge in [-0.15, -0.1) is 0 Å². The first kappa shape index (κ1) is 29.2. The van der Waals surface area contributed by atoms with Crippen LogP contribution >= 0.6 is 11.6 Å². The molecule has 0 saturated heterocycles. The van der Waals surface area contributed by atoms with Crippen LogP contribution in [0.15, 0.2) is 84.9 Å². The normalized spacial score (nSPS) is 11.0. The molecule has 0 fully saturated rings. The zero-order chi connectivity index (χ0) is 29.4. The summed E-state index contributed by atoms with van der Waals surface area (Å²) < 4.78 is 21.8. The molecule has 0 unspecified atom stereocenters. The van der Waals surface area contributed by atoms with E-state index in [1.54, 1.807) is 36.4 Å². The smallest absolute Gasteiger partial charge is 0.339 e. The molecule has 8 heteroatoms. The number of benzene rings is 4. The zero-order valence-electron chi connectivity index (χ0n) is 23.2. The van der Waals surface area contributed by atoms with Gasteiger partial charge in [0.2, 0.25) is 5.75 Å². The Kier molecular flexibility index (Phi) is 9.66. The van der Waals surface area contributed by atoms with Crippen molar-refractivity contribution in [3.05, 3.63) is 107 Å². The van der Waals surface area contributed by atoms with Gasteiger partial charge in [-0.1, -0.05) is 72.3 Å². The first-order chi connectivity index (χ1) is 19.8. The second-order valence-corrected chi connectivity index (χ2v) is 9.48. The van der Waals surface area contributed by atoms with Crippen LogP contribution in [0, 0.1) is 6.92 Å². The first-order valence-corrected chi connectivity index (χ1v) is 13.1. The molecule has 4 rings (SSSR count). The van der Waals surface area contributed by atoms with E-state index in [2.05, 4.69) is 5.32 Å². The number of hydrogen-bond donors (Lipinski definition) is 1. The molecule has 41 heavy (non-hydrogen) atoms. The average Bonchev–Trinajstić information content (AvgIpc) is 3.00. The van der Waals surface area contributed by atoms with Crippen LogP contribution in [0.25, 0.3) is 22.8 Å². The summed E-state index contributed by atoms with van der Waals surface area (Å²) in [7, 11) is 4.55. The Morgan fingerprint density at radius 1 is 0.805 bits per heavy atom. The number of carbonyl (C=O) groups is 2. The highest BCUT2D eigenvalue weighted by Crippen LogP contribution is 2.39. The number of amides is 1. The van der Waals surface area contributed by atoms with Gasteiger partial charge in [0.1, 0.15) is 0 Å². The topological polar surface area (TPSA) is 83.1 Å². The van der Waals surface area contributed by atoms with Gasteiger partial charge in [0.05, 0.1) is 26.9 Å². The lowest BCUT2D eigenvalue weighted by Crippen LogP contribution is -2.21. The Bertz CT molecular complexity index is 1540. The van der Waals surface area contributed by atoms with Crippen molar-refractivity contribution in [2.24, 2.45) is 0 Å². The summed E-state index contributed by atoms with van der Waals surface area (Å²) in [5, 5.41) is 3.22. The molecule has 0 spiro atoms. The Morgan fingerprint density at radius 3 is 2.05 bits per heavy atom. The maximum Gasteiger partial charge on any atom is 0.339 e. The minimum Gasteiger partial charge on any atom is -0.493 e. The molecular weight excluding hydrogens is 542 g/mol. The summed E-state index contributed by atoms with van der Waals surface area (Å²) in [6, 6.07) is 26.0. The number of aryl methyl sites for hydroxylation is 1. The minimum absolute atomic E-state index is 0.241. The van der Waals surface area contributed by atoms with E-state index in [0.29, 0.717) is 39.1 Å². The van der Waals surface area contributed by atoms with E-state index in [4.69, 9.17) is 30.5 Å². The molecule has 210 valence electrons. The summed E-state index contributed by atoms with van der Waals surface area (Å²) in [6.45, 7) is 1.36. The van der Waals surface area contributed by atoms with E-state index < -0.39 is 18.5 Å². The van der Waals surface area contributed by atoms with Crippen LogP contribution in [0.5, 0.6) is 17.2 Å². The number of nitrogens with one attached hydrogen (secondary N) is 1. The van der Waals surface area contributed by atoms with Gasteiger partial charge in [0.15, 0.2) is 18.1 Å². The number of methoxy groups -OCH3 is 3. The summed E-state index contributed by atoms with van der Waals surface area (Å²) in [5.74, 6) is 0.124. The summed E-state index contributed by atoms with van der Waals surface area (Å²) in [4.78, 5) is 26.1. The molecule has 4 aromatic carbocycles. The van der Waals surface area contributed by atoms with Crippen LogP contribution in [0.1, 0.15) is 16.7 Å². The number of ether oxygens (including phenoxy) is 4. The van der Waals surface area contributed by atoms with E-state index in [0.717, 1.165) is 16.7 Å².